The van der Waals surface area contributed by atoms with Crippen molar-refractivity contribution in [1.29, 1.82) is 0 Å². The lowest BCUT2D eigenvalue weighted by Gasteiger charge is -2.25. The number of hydrogen-bond donors (Lipinski definition) is 1. The van der Waals surface area contributed by atoms with E-state index >= 15 is 0 Å². The van der Waals surface area contributed by atoms with Gasteiger partial charge in [0.15, 0.2) is 0 Å². The summed E-state index contributed by atoms with van der Waals surface area (Å²) in [5.74, 6) is -1.67. The number of nitrogens with one attached hydrogen (secondary N) is 1. The molecule has 30 heavy (non-hydrogen) atoms. The van der Waals surface area contributed by atoms with Crippen molar-refractivity contribution < 1.29 is 22.0 Å². The Morgan fingerprint density at radius 3 is 2.43 bits per heavy atom. The molecule has 4 atom stereocenters. The Morgan fingerprint density at radius 1 is 1.10 bits per heavy atom. The van der Waals surface area contributed by atoms with Crippen LogP contribution in [-0.4, -0.2) is 44.1 Å². The average Bonchev–Trinajstić information content (AvgIpc) is 3.39. The SMILES string of the molecule is C[C@@H]1[C@H](NS(C)(=O)=O)CCN1C(=O)[C@@H]1C[C@H]1c1ccccc1-c1c(F)cccc1F. The van der Waals surface area contributed by atoms with Crippen LogP contribution in [0.1, 0.15) is 31.2 Å². The molecule has 8 heteroatoms. The summed E-state index contributed by atoms with van der Waals surface area (Å²) in [4.78, 5) is 14.8. The van der Waals surface area contributed by atoms with Crippen LogP contribution < -0.4 is 4.72 Å². The third kappa shape index (κ3) is 3.98. The maximum atomic E-state index is 14.4. The lowest BCUT2D eigenvalue weighted by Crippen LogP contribution is -2.45. The first-order chi connectivity index (χ1) is 14.2. The van der Waals surface area contributed by atoms with Crippen LogP contribution >= 0.6 is 0 Å². The largest absolute Gasteiger partial charge is 0.338 e. The van der Waals surface area contributed by atoms with E-state index in [1.165, 1.54) is 18.2 Å². The van der Waals surface area contributed by atoms with E-state index in [0.717, 1.165) is 11.8 Å². The highest BCUT2D eigenvalue weighted by Crippen LogP contribution is 2.52. The lowest BCUT2D eigenvalue weighted by molar-refractivity contribution is -0.133. The van der Waals surface area contributed by atoms with Crippen molar-refractivity contribution in [3.8, 4) is 11.1 Å². The van der Waals surface area contributed by atoms with E-state index in [4.69, 9.17) is 0 Å². The van der Waals surface area contributed by atoms with Gasteiger partial charge in [0, 0.05) is 24.5 Å². The van der Waals surface area contributed by atoms with Gasteiger partial charge in [-0.3, -0.25) is 4.79 Å². The van der Waals surface area contributed by atoms with E-state index in [1.54, 1.807) is 17.0 Å². The molecule has 0 unspecified atom stereocenters. The third-order valence-corrected chi connectivity index (χ3v) is 6.83. The van der Waals surface area contributed by atoms with Crippen molar-refractivity contribution in [1.82, 2.24) is 9.62 Å². The maximum Gasteiger partial charge on any atom is 0.226 e. The highest BCUT2D eigenvalue weighted by Gasteiger charge is 2.49. The molecular weight excluding hydrogens is 410 g/mol. The van der Waals surface area contributed by atoms with Crippen LogP contribution in [0.15, 0.2) is 42.5 Å². The predicted octanol–water partition coefficient (Wildman–Crippen LogP) is 3.27. The molecule has 5 nitrogen and oxygen atoms in total. The molecule has 1 aliphatic heterocycles. The van der Waals surface area contributed by atoms with Crippen LogP contribution in [0.2, 0.25) is 0 Å². The fourth-order valence-electron chi connectivity index (χ4n) is 4.51. The van der Waals surface area contributed by atoms with Gasteiger partial charge in [0.2, 0.25) is 15.9 Å². The highest BCUT2D eigenvalue weighted by atomic mass is 32.2. The van der Waals surface area contributed by atoms with Gasteiger partial charge in [-0.2, -0.15) is 0 Å². The second-order valence-electron chi connectivity index (χ2n) is 8.19. The second-order valence-corrected chi connectivity index (χ2v) is 9.97. The van der Waals surface area contributed by atoms with Gasteiger partial charge in [-0.25, -0.2) is 21.9 Å². The van der Waals surface area contributed by atoms with Crippen molar-refractivity contribution in [2.75, 3.05) is 12.8 Å². The van der Waals surface area contributed by atoms with E-state index in [1.807, 2.05) is 19.1 Å². The number of benzene rings is 2. The van der Waals surface area contributed by atoms with Crippen LogP contribution in [0.25, 0.3) is 11.1 Å². The first-order valence-corrected chi connectivity index (χ1v) is 11.9. The van der Waals surface area contributed by atoms with Crippen molar-refractivity contribution in [2.24, 2.45) is 5.92 Å². The molecule has 1 heterocycles. The van der Waals surface area contributed by atoms with Gasteiger partial charge in [0.25, 0.3) is 0 Å². The Balaban J connectivity index is 1.54. The average molecular weight is 435 g/mol. The Morgan fingerprint density at radius 2 is 1.77 bits per heavy atom. The molecule has 2 aromatic carbocycles. The molecule has 1 aliphatic carbocycles. The quantitative estimate of drug-likeness (QED) is 0.786. The number of nitrogens with zero attached hydrogens (tertiary/aromatic N) is 1. The highest BCUT2D eigenvalue weighted by molar-refractivity contribution is 7.88. The zero-order chi connectivity index (χ0) is 21.6. The first-order valence-electron chi connectivity index (χ1n) is 9.98. The molecule has 0 spiro atoms. The molecule has 1 saturated carbocycles. The van der Waals surface area contributed by atoms with Crippen LogP contribution in [-0.2, 0) is 14.8 Å². The first kappa shape index (κ1) is 20.9. The van der Waals surface area contributed by atoms with E-state index in [0.29, 0.717) is 24.9 Å². The number of carbonyl (C=O) groups excluding carboxylic acids is 1. The Labute approximate surface area is 175 Å². The molecule has 0 radical (unpaired) electrons. The number of sulfonamides is 1. The van der Waals surface area contributed by atoms with Crippen LogP contribution in [0, 0.1) is 17.6 Å². The van der Waals surface area contributed by atoms with Gasteiger partial charge in [-0.05, 0) is 48.9 Å². The molecule has 2 fully saturated rings. The molecule has 0 aromatic heterocycles. The number of carbonyl (C=O) groups is 1. The molecule has 1 N–H and O–H groups in total. The fraction of sp³-hybridized carbons (Fsp3) is 0.409. The Hall–Kier alpha value is -2.32. The fourth-order valence-corrected chi connectivity index (χ4v) is 5.38. The summed E-state index contributed by atoms with van der Waals surface area (Å²) in [5, 5.41) is 0. The van der Waals surface area contributed by atoms with Crippen LogP contribution in [0.5, 0.6) is 0 Å². The number of rotatable bonds is 5. The molecule has 2 aromatic rings. The minimum atomic E-state index is -3.35. The monoisotopic (exact) mass is 434 g/mol. The van der Waals surface area contributed by atoms with Crippen LogP contribution in [0.4, 0.5) is 8.78 Å². The Bertz CT molecular complexity index is 1070. The zero-order valence-corrected chi connectivity index (χ0v) is 17.6. The van der Waals surface area contributed by atoms with Crippen molar-refractivity contribution >= 4 is 15.9 Å². The number of amides is 1. The summed E-state index contributed by atoms with van der Waals surface area (Å²) in [6.07, 6.45) is 2.29. The van der Waals surface area contributed by atoms with E-state index in [2.05, 4.69) is 4.72 Å². The van der Waals surface area contributed by atoms with Gasteiger partial charge >= 0.3 is 0 Å². The zero-order valence-electron chi connectivity index (χ0n) is 16.8. The Kier molecular flexibility index (Phi) is 5.40. The summed E-state index contributed by atoms with van der Waals surface area (Å²) in [5.41, 5.74) is 1.16. The number of likely N-dealkylation sites (tertiary alicyclic amines) is 1. The molecule has 1 saturated heterocycles. The number of hydrogen-bond acceptors (Lipinski definition) is 3. The van der Waals surface area contributed by atoms with E-state index < -0.39 is 21.7 Å². The minimum Gasteiger partial charge on any atom is -0.338 e. The summed E-state index contributed by atoms with van der Waals surface area (Å²) in [6, 6.07) is 10.3. The summed E-state index contributed by atoms with van der Waals surface area (Å²) in [7, 11) is -3.35. The normalized spacial score (nSPS) is 26.1. The van der Waals surface area contributed by atoms with Crippen molar-refractivity contribution in [3.05, 3.63) is 59.7 Å². The molecule has 4 rings (SSSR count). The summed E-state index contributed by atoms with van der Waals surface area (Å²) in [6.45, 7) is 2.33. The molecule has 160 valence electrons. The molecule has 0 bridgehead atoms. The van der Waals surface area contributed by atoms with Crippen molar-refractivity contribution in [3.63, 3.8) is 0 Å². The van der Waals surface area contributed by atoms with Gasteiger partial charge in [0.1, 0.15) is 11.6 Å². The van der Waals surface area contributed by atoms with E-state index in [9.17, 15) is 22.0 Å². The molecule has 1 amide bonds. The number of halogens is 2. The molecule has 2 aliphatic rings. The topological polar surface area (TPSA) is 66.5 Å². The van der Waals surface area contributed by atoms with Crippen LogP contribution in [0.3, 0.4) is 0 Å². The smallest absolute Gasteiger partial charge is 0.226 e. The van der Waals surface area contributed by atoms with E-state index in [-0.39, 0.29) is 35.4 Å². The summed E-state index contributed by atoms with van der Waals surface area (Å²) >= 11 is 0. The standard InChI is InChI=1S/C22H24F2N2O3S/c1-13-20(25-30(2,28)29)10-11-26(13)22(27)17-12-16(17)14-6-3-4-7-15(14)21-18(23)8-5-9-19(21)24/h3-9,13,16-17,20,25H,10-12H2,1-2H3/t13-,16+,17-,20-/m1/s1. The van der Waals surface area contributed by atoms with Gasteiger partial charge in [0.05, 0.1) is 11.8 Å². The minimum absolute atomic E-state index is 0.0332. The molecular formula is C22H24F2N2O3S. The summed E-state index contributed by atoms with van der Waals surface area (Å²) < 4.78 is 54.4. The third-order valence-electron chi connectivity index (χ3n) is 6.10. The van der Waals surface area contributed by atoms with Crippen molar-refractivity contribution in [2.45, 2.75) is 37.8 Å². The van der Waals surface area contributed by atoms with Gasteiger partial charge in [-0.15, -0.1) is 0 Å². The predicted molar refractivity (Wildman–Crippen MR) is 110 cm³/mol. The van der Waals surface area contributed by atoms with Gasteiger partial charge in [-0.1, -0.05) is 30.3 Å². The second kappa shape index (κ2) is 7.74. The maximum absolute atomic E-state index is 14.4. The van der Waals surface area contributed by atoms with Gasteiger partial charge < -0.3 is 4.90 Å². The lowest BCUT2D eigenvalue weighted by atomic mass is 9.95.